The van der Waals surface area contributed by atoms with Gasteiger partial charge in [-0.05, 0) is 36.2 Å². The molecule has 0 aliphatic heterocycles. The van der Waals surface area contributed by atoms with Gasteiger partial charge in [0.1, 0.15) is 0 Å². The molecular weight excluding hydrogens is 379 g/mol. The molecule has 0 saturated heterocycles. The molecule has 140 valence electrons. The van der Waals surface area contributed by atoms with Gasteiger partial charge < -0.3 is 10.6 Å². The number of aryl methyl sites for hydroxylation is 1. The third-order valence-electron chi connectivity index (χ3n) is 3.81. The summed E-state index contributed by atoms with van der Waals surface area (Å²) in [5.74, 6) is 0.330. The SMILES string of the molecule is Cc1ccccc1CNc1cnnc(Nc2ccc(Cl)cc2C(F)(F)F)n1. The van der Waals surface area contributed by atoms with E-state index in [0.717, 1.165) is 17.2 Å². The summed E-state index contributed by atoms with van der Waals surface area (Å²) in [6.45, 7) is 2.49. The minimum atomic E-state index is -4.57. The third-order valence-corrected chi connectivity index (χ3v) is 4.05. The molecule has 0 atom stereocenters. The minimum absolute atomic E-state index is 0.0134. The summed E-state index contributed by atoms with van der Waals surface area (Å²) in [4.78, 5) is 4.16. The molecule has 2 N–H and O–H groups in total. The molecule has 0 radical (unpaired) electrons. The van der Waals surface area contributed by atoms with Crippen molar-refractivity contribution >= 4 is 29.1 Å². The average molecular weight is 394 g/mol. The maximum Gasteiger partial charge on any atom is 0.418 e. The predicted molar refractivity (Wildman–Crippen MR) is 98.1 cm³/mol. The van der Waals surface area contributed by atoms with Crippen LogP contribution in [-0.2, 0) is 12.7 Å². The van der Waals surface area contributed by atoms with E-state index >= 15 is 0 Å². The van der Waals surface area contributed by atoms with Crippen molar-refractivity contribution in [1.29, 1.82) is 0 Å². The van der Waals surface area contributed by atoms with E-state index in [9.17, 15) is 13.2 Å². The van der Waals surface area contributed by atoms with Gasteiger partial charge in [0.05, 0.1) is 17.4 Å². The number of halogens is 4. The van der Waals surface area contributed by atoms with Crippen LogP contribution in [0.15, 0.2) is 48.7 Å². The molecule has 0 aliphatic rings. The Balaban J connectivity index is 1.78. The smallest absolute Gasteiger partial charge is 0.365 e. The van der Waals surface area contributed by atoms with Crippen molar-refractivity contribution in [1.82, 2.24) is 15.2 Å². The standard InChI is InChI=1S/C18H15ClF3N5/c1-11-4-2-3-5-12(11)9-23-16-10-24-27-17(26-16)25-15-7-6-13(19)8-14(15)18(20,21)22/h2-8,10H,9H2,1H3,(H2,23,25,26,27). The molecule has 0 saturated carbocycles. The summed E-state index contributed by atoms with van der Waals surface area (Å²) >= 11 is 5.68. The molecule has 27 heavy (non-hydrogen) atoms. The molecule has 0 bridgehead atoms. The summed E-state index contributed by atoms with van der Waals surface area (Å²) < 4.78 is 39.6. The highest BCUT2D eigenvalue weighted by molar-refractivity contribution is 6.30. The molecule has 3 aromatic rings. The van der Waals surface area contributed by atoms with E-state index in [-0.39, 0.29) is 16.7 Å². The monoisotopic (exact) mass is 393 g/mol. The number of nitrogens with zero attached hydrogens (tertiary/aromatic N) is 3. The lowest BCUT2D eigenvalue weighted by atomic mass is 10.1. The normalized spacial score (nSPS) is 11.3. The summed E-state index contributed by atoms with van der Waals surface area (Å²) in [6, 6.07) is 11.2. The van der Waals surface area contributed by atoms with Gasteiger partial charge in [-0.3, -0.25) is 0 Å². The van der Waals surface area contributed by atoms with Gasteiger partial charge in [-0.25, -0.2) is 0 Å². The van der Waals surface area contributed by atoms with Crippen LogP contribution in [-0.4, -0.2) is 15.2 Å². The highest BCUT2D eigenvalue weighted by atomic mass is 35.5. The van der Waals surface area contributed by atoms with Crippen molar-refractivity contribution in [3.8, 4) is 0 Å². The molecule has 9 heteroatoms. The number of nitrogens with one attached hydrogen (secondary N) is 2. The Morgan fingerprint density at radius 1 is 1.11 bits per heavy atom. The van der Waals surface area contributed by atoms with Crippen molar-refractivity contribution < 1.29 is 13.2 Å². The van der Waals surface area contributed by atoms with Crippen LogP contribution in [0.3, 0.4) is 0 Å². The molecule has 1 aromatic heterocycles. The van der Waals surface area contributed by atoms with Crippen molar-refractivity contribution in [2.45, 2.75) is 19.6 Å². The van der Waals surface area contributed by atoms with Gasteiger partial charge in [-0.2, -0.15) is 23.3 Å². The van der Waals surface area contributed by atoms with Crippen LogP contribution in [0.1, 0.15) is 16.7 Å². The Bertz CT molecular complexity index is 946. The van der Waals surface area contributed by atoms with Gasteiger partial charge in [0.2, 0.25) is 5.95 Å². The highest BCUT2D eigenvalue weighted by Crippen LogP contribution is 2.37. The van der Waals surface area contributed by atoms with Gasteiger partial charge in [0.15, 0.2) is 5.82 Å². The fraction of sp³-hybridized carbons (Fsp3) is 0.167. The maximum atomic E-state index is 13.2. The molecule has 0 unspecified atom stereocenters. The van der Waals surface area contributed by atoms with Crippen molar-refractivity contribution in [2.24, 2.45) is 0 Å². The summed E-state index contributed by atoms with van der Waals surface area (Å²) in [5, 5.41) is 13.1. The number of aromatic nitrogens is 3. The molecule has 2 aromatic carbocycles. The zero-order valence-corrected chi connectivity index (χ0v) is 14.9. The topological polar surface area (TPSA) is 62.7 Å². The summed E-state index contributed by atoms with van der Waals surface area (Å²) in [6.07, 6.45) is -3.17. The van der Waals surface area contributed by atoms with E-state index in [0.29, 0.717) is 12.4 Å². The molecule has 5 nitrogen and oxygen atoms in total. The first-order valence-electron chi connectivity index (χ1n) is 7.95. The van der Waals surface area contributed by atoms with E-state index in [2.05, 4.69) is 25.8 Å². The number of alkyl halides is 3. The Morgan fingerprint density at radius 2 is 1.89 bits per heavy atom. The second kappa shape index (κ2) is 7.79. The quantitative estimate of drug-likeness (QED) is 0.623. The van der Waals surface area contributed by atoms with Crippen LogP contribution in [0.25, 0.3) is 0 Å². The Morgan fingerprint density at radius 3 is 2.63 bits per heavy atom. The Hall–Kier alpha value is -2.87. The van der Waals surface area contributed by atoms with Gasteiger partial charge in [0, 0.05) is 11.6 Å². The van der Waals surface area contributed by atoms with Crippen LogP contribution >= 0.6 is 11.6 Å². The van der Waals surface area contributed by atoms with Crippen molar-refractivity contribution in [3.63, 3.8) is 0 Å². The van der Waals surface area contributed by atoms with Crippen molar-refractivity contribution in [2.75, 3.05) is 10.6 Å². The number of anilines is 3. The van der Waals surface area contributed by atoms with Crippen LogP contribution < -0.4 is 10.6 Å². The summed E-state index contributed by atoms with van der Waals surface area (Å²) in [5.41, 5.74) is 1.07. The maximum absolute atomic E-state index is 13.2. The van der Waals surface area contributed by atoms with Gasteiger partial charge in [0.25, 0.3) is 0 Å². The lowest BCUT2D eigenvalue weighted by Gasteiger charge is -2.14. The van der Waals surface area contributed by atoms with Gasteiger partial charge >= 0.3 is 6.18 Å². The molecular formula is C18H15ClF3N5. The molecule has 0 aliphatic carbocycles. The molecule has 0 amide bonds. The predicted octanol–water partition coefficient (Wildman–Crippen LogP) is 5.21. The molecule has 3 rings (SSSR count). The lowest BCUT2D eigenvalue weighted by Crippen LogP contribution is -2.11. The van der Waals surface area contributed by atoms with Crippen molar-refractivity contribution in [3.05, 3.63) is 70.4 Å². The first-order valence-corrected chi connectivity index (χ1v) is 8.32. The van der Waals surface area contributed by atoms with E-state index in [1.807, 2.05) is 31.2 Å². The Kier molecular flexibility index (Phi) is 5.46. The lowest BCUT2D eigenvalue weighted by molar-refractivity contribution is -0.136. The highest BCUT2D eigenvalue weighted by Gasteiger charge is 2.34. The molecule has 1 heterocycles. The first kappa shape index (κ1) is 18.9. The van der Waals surface area contributed by atoms with Crippen LogP contribution in [0, 0.1) is 6.92 Å². The first-order chi connectivity index (χ1) is 12.8. The van der Waals surface area contributed by atoms with Gasteiger partial charge in [-0.1, -0.05) is 35.9 Å². The number of hydrogen-bond donors (Lipinski definition) is 2. The second-order valence-corrected chi connectivity index (χ2v) is 6.19. The van der Waals surface area contributed by atoms with Crippen LogP contribution in [0.2, 0.25) is 5.02 Å². The number of hydrogen-bond acceptors (Lipinski definition) is 5. The zero-order chi connectivity index (χ0) is 19.4. The van der Waals surface area contributed by atoms with Crippen LogP contribution in [0.4, 0.5) is 30.6 Å². The zero-order valence-electron chi connectivity index (χ0n) is 14.2. The fourth-order valence-corrected chi connectivity index (χ4v) is 2.59. The second-order valence-electron chi connectivity index (χ2n) is 5.76. The van der Waals surface area contributed by atoms with E-state index in [1.165, 1.54) is 18.3 Å². The van der Waals surface area contributed by atoms with E-state index < -0.39 is 11.7 Å². The third kappa shape index (κ3) is 4.85. The summed E-state index contributed by atoms with van der Waals surface area (Å²) in [7, 11) is 0. The van der Waals surface area contributed by atoms with Crippen LogP contribution in [0.5, 0.6) is 0 Å². The molecule has 0 fully saturated rings. The molecule has 0 spiro atoms. The van der Waals surface area contributed by atoms with E-state index in [4.69, 9.17) is 11.6 Å². The van der Waals surface area contributed by atoms with E-state index in [1.54, 1.807) is 0 Å². The number of rotatable bonds is 5. The van der Waals surface area contributed by atoms with Gasteiger partial charge in [-0.15, -0.1) is 5.10 Å². The number of benzene rings is 2. The fourth-order valence-electron chi connectivity index (χ4n) is 2.42. The average Bonchev–Trinajstić information content (AvgIpc) is 2.62. The minimum Gasteiger partial charge on any atom is -0.365 e. The Labute approximate surface area is 158 Å². The largest absolute Gasteiger partial charge is 0.418 e.